The van der Waals surface area contributed by atoms with E-state index in [-0.39, 0.29) is 10.8 Å². The van der Waals surface area contributed by atoms with Crippen LogP contribution in [0.3, 0.4) is 0 Å². The number of halogens is 4. The molecule has 1 saturated heterocycles. The minimum absolute atomic E-state index is 0.0988. The molecule has 148 valence electrons. The topological polar surface area (TPSA) is 74.3 Å². The van der Waals surface area contributed by atoms with Crippen LogP contribution in [0.25, 0.3) is 0 Å². The summed E-state index contributed by atoms with van der Waals surface area (Å²) in [5.41, 5.74) is 4.08. The van der Waals surface area contributed by atoms with Crippen molar-refractivity contribution in [2.75, 3.05) is 11.4 Å². The van der Waals surface area contributed by atoms with Crippen molar-refractivity contribution in [3.05, 3.63) is 58.7 Å². The lowest BCUT2D eigenvalue weighted by Crippen LogP contribution is -2.50. The normalized spacial score (nSPS) is 16.7. The van der Waals surface area contributed by atoms with E-state index in [1.807, 2.05) is 0 Å². The van der Waals surface area contributed by atoms with E-state index in [9.17, 15) is 22.8 Å². The van der Waals surface area contributed by atoms with Crippen molar-refractivity contribution in [2.24, 2.45) is 0 Å². The van der Waals surface area contributed by atoms with Crippen LogP contribution in [0, 0.1) is 0 Å². The zero-order chi connectivity index (χ0) is 20.3. The number of hydrogen-bond donors (Lipinski definition) is 2. The first-order chi connectivity index (χ1) is 13.3. The lowest BCUT2D eigenvalue weighted by atomic mass is 10.2. The lowest BCUT2D eigenvalue weighted by molar-refractivity contribution is -0.137. The van der Waals surface area contributed by atoms with Crippen molar-refractivity contribution in [2.45, 2.75) is 25.1 Å². The lowest BCUT2D eigenvalue weighted by Gasteiger charge is -2.26. The summed E-state index contributed by atoms with van der Waals surface area (Å²) >= 11 is 5.99. The third kappa shape index (κ3) is 4.36. The Bertz CT molecular complexity index is 877. The molecule has 0 spiro atoms. The average Bonchev–Trinajstić information content (AvgIpc) is 3.15. The molecule has 0 radical (unpaired) electrons. The maximum absolute atomic E-state index is 12.8. The molecule has 28 heavy (non-hydrogen) atoms. The van der Waals surface area contributed by atoms with Crippen molar-refractivity contribution < 1.29 is 22.8 Å². The number of carbonyl (C=O) groups excluding carboxylic acids is 2. The third-order valence-corrected chi connectivity index (χ3v) is 4.59. The summed E-state index contributed by atoms with van der Waals surface area (Å²) in [7, 11) is 0. The monoisotopic (exact) mass is 412 g/mol. The van der Waals surface area contributed by atoms with Gasteiger partial charge in [0.2, 0.25) is 0 Å². The van der Waals surface area contributed by atoms with Crippen molar-refractivity contribution >= 4 is 29.2 Å². The Balaban J connectivity index is 1.69. The molecule has 2 aromatic rings. The predicted molar refractivity (Wildman–Crippen MR) is 96.7 cm³/mol. The van der Waals surface area contributed by atoms with Gasteiger partial charge in [-0.2, -0.15) is 13.2 Å². The number of nitrogens with zero attached hydrogens (tertiary/aromatic N) is 2. The molecule has 0 saturated carbocycles. The molecule has 2 heterocycles. The molecule has 10 heteroatoms. The van der Waals surface area contributed by atoms with Gasteiger partial charge in [0.05, 0.1) is 10.6 Å². The Morgan fingerprint density at radius 2 is 1.89 bits per heavy atom. The number of pyridine rings is 1. The van der Waals surface area contributed by atoms with Crippen LogP contribution in [0.4, 0.5) is 19.0 Å². The zero-order valence-electron chi connectivity index (χ0n) is 14.5. The smallest absolute Gasteiger partial charge is 0.343 e. The number of rotatable bonds is 3. The predicted octanol–water partition coefficient (Wildman–Crippen LogP) is 3.18. The van der Waals surface area contributed by atoms with Crippen LogP contribution >= 0.6 is 11.6 Å². The molecule has 1 unspecified atom stereocenters. The number of nitrogens with one attached hydrogen (secondary N) is 2. The Morgan fingerprint density at radius 3 is 2.54 bits per heavy atom. The number of carbonyl (C=O) groups is 2. The van der Waals surface area contributed by atoms with E-state index in [0.29, 0.717) is 31.1 Å². The van der Waals surface area contributed by atoms with Crippen LogP contribution in [0.5, 0.6) is 0 Å². The summed E-state index contributed by atoms with van der Waals surface area (Å²) in [4.78, 5) is 29.8. The highest BCUT2D eigenvalue weighted by molar-refractivity contribution is 6.33. The second kappa shape index (κ2) is 8.05. The molecule has 1 aromatic carbocycles. The molecule has 1 aliphatic heterocycles. The van der Waals surface area contributed by atoms with E-state index in [0.717, 1.165) is 6.07 Å². The summed E-state index contributed by atoms with van der Waals surface area (Å²) in [5.74, 6) is -0.884. The molecule has 1 atom stereocenters. The Labute approximate surface area is 163 Å². The largest absolute Gasteiger partial charge is 0.417 e. The number of benzene rings is 1. The highest BCUT2D eigenvalue weighted by Crippen LogP contribution is 2.35. The first-order valence-corrected chi connectivity index (χ1v) is 8.80. The Hall–Kier alpha value is -2.81. The van der Waals surface area contributed by atoms with E-state index < -0.39 is 29.6 Å². The first-order valence-electron chi connectivity index (χ1n) is 8.42. The van der Waals surface area contributed by atoms with E-state index in [1.165, 1.54) is 4.90 Å². The van der Waals surface area contributed by atoms with Crippen molar-refractivity contribution in [1.82, 2.24) is 15.8 Å². The molecule has 1 fully saturated rings. The summed E-state index contributed by atoms with van der Waals surface area (Å²) in [5, 5.41) is -0.192. The molecule has 1 aliphatic rings. The van der Waals surface area contributed by atoms with Crippen LogP contribution < -0.4 is 15.8 Å². The van der Waals surface area contributed by atoms with Crippen LogP contribution in [0.1, 0.15) is 28.8 Å². The third-order valence-electron chi connectivity index (χ3n) is 4.31. The maximum atomic E-state index is 12.8. The number of aromatic nitrogens is 1. The maximum Gasteiger partial charge on any atom is 0.417 e. The molecule has 3 rings (SSSR count). The van der Waals surface area contributed by atoms with E-state index >= 15 is 0 Å². The molecule has 1 aromatic heterocycles. The highest BCUT2D eigenvalue weighted by Gasteiger charge is 2.35. The summed E-state index contributed by atoms with van der Waals surface area (Å²) in [6, 6.07) is 8.39. The van der Waals surface area contributed by atoms with E-state index in [4.69, 9.17) is 11.6 Å². The zero-order valence-corrected chi connectivity index (χ0v) is 15.2. The first kappa shape index (κ1) is 19.9. The molecule has 6 nitrogen and oxygen atoms in total. The van der Waals surface area contributed by atoms with Crippen molar-refractivity contribution in [3.8, 4) is 0 Å². The number of hydrogen-bond acceptors (Lipinski definition) is 4. The quantitative estimate of drug-likeness (QED) is 0.759. The van der Waals surface area contributed by atoms with Gasteiger partial charge in [0, 0.05) is 18.3 Å². The van der Waals surface area contributed by atoms with Crippen LogP contribution in [-0.2, 0) is 11.0 Å². The van der Waals surface area contributed by atoms with Gasteiger partial charge in [0.25, 0.3) is 11.8 Å². The second-order valence-electron chi connectivity index (χ2n) is 6.19. The molecule has 0 aliphatic carbocycles. The Kier molecular flexibility index (Phi) is 5.73. The summed E-state index contributed by atoms with van der Waals surface area (Å²) in [6.45, 7) is 0.406. The minimum Gasteiger partial charge on any atom is -0.343 e. The fourth-order valence-electron chi connectivity index (χ4n) is 2.95. The standard InChI is InChI=1S/C18H16ClF3N4O2/c19-13-9-12(18(20,21)22)10-23-15(13)26-8-4-7-14(26)17(28)25-24-16(27)11-5-2-1-3-6-11/h1-3,5-6,9-10,14H,4,7-8H2,(H,24,27)(H,25,28). The molecule has 0 bridgehead atoms. The summed E-state index contributed by atoms with van der Waals surface area (Å²) < 4.78 is 38.3. The highest BCUT2D eigenvalue weighted by atomic mass is 35.5. The van der Waals surface area contributed by atoms with Gasteiger partial charge >= 0.3 is 6.18 Å². The van der Waals surface area contributed by atoms with E-state index in [1.54, 1.807) is 30.3 Å². The Morgan fingerprint density at radius 1 is 1.18 bits per heavy atom. The number of alkyl halides is 3. The molecule has 2 amide bonds. The van der Waals surface area contributed by atoms with Crippen LogP contribution in [0.15, 0.2) is 42.6 Å². The second-order valence-corrected chi connectivity index (χ2v) is 6.60. The van der Waals surface area contributed by atoms with Gasteiger partial charge in [-0.1, -0.05) is 29.8 Å². The van der Waals surface area contributed by atoms with Gasteiger partial charge in [-0.3, -0.25) is 20.4 Å². The number of hydrazine groups is 1. The fraction of sp³-hybridized carbons (Fsp3) is 0.278. The molecular formula is C18H16ClF3N4O2. The average molecular weight is 413 g/mol. The SMILES string of the molecule is O=C(NNC(=O)C1CCCN1c1ncc(C(F)(F)F)cc1Cl)c1ccccc1. The molecular weight excluding hydrogens is 397 g/mol. The van der Waals surface area contributed by atoms with E-state index in [2.05, 4.69) is 15.8 Å². The van der Waals surface area contributed by atoms with Gasteiger partial charge in [-0.05, 0) is 31.0 Å². The van der Waals surface area contributed by atoms with Gasteiger partial charge in [0.1, 0.15) is 11.9 Å². The van der Waals surface area contributed by atoms with Crippen molar-refractivity contribution in [3.63, 3.8) is 0 Å². The fourth-order valence-corrected chi connectivity index (χ4v) is 3.23. The van der Waals surface area contributed by atoms with Gasteiger partial charge < -0.3 is 4.90 Å². The molecule has 2 N–H and O–H groups in total. The summed E-state index contributed by atoms with van der Waals surface area (Å²) in [6.07, 6.45) is -2.79. The van der Waals surface area contributed by atoms with Gasteiger partial charge in [-0.15, -0.1) is 0 Å². The van der Waals surface area contributed by atoms with Crippen molar-refractivity contribution in [1.29, 1.82) is 0 Å². The van der Waals surface area contributed by atoms with Gasteiger partial charge in [0.15, 0.2) is 0 Å². The van der Waals surface area contributed by atoms with Gasteiger partial charge in [-0.25, -0.2) is 4.98 Å². The number of anilines is 1. The van der Waals surface area contributed by atoms with Crippen LogP contribution in [0.2, 0.25) is 5.02 Å². The van der Waals surface area contributed by atoms with Crippen LogP contribution in [-0.4, -0.2) is 29.4 Å². The number of amides is 2. The minimum atomic E-state index is -4.56.